The van der Waals surface area contributed by atoms with E-state index >= 15 is 0 Å². The van der Waals surface area contributed by atoms with Gasteiger partial charge in [-0.25, -0.2) is 5.01 Å². The molecule has 1 aliphatic rings. The van der Waals surface area contributed by atoms with E-state index < -0.39 is 5.97 Å². The Kier molecular flexibility index (Phi) is 3.66. The van der Waals surface area contributed by atoms with Crippen LogP contribution in [0.15, 0.2) is 29.5 Å². The van der Waals surface area contributed by atoms with Gasteiger partial charge in [0.15, 0.2) is 0 Å². The zero-order valence-corrected chi connectivity index (χ0v) is 9.74. The molecule has 2 heterocycles. The topological polar surface area (TPSA) is 82.9 Å². The van der Waals surface area contributed by atoms with Crippen molar-refractivity contribution < 1.29 is 14.7 Å². The van der Waals surface area contributed by atoms with E-state index in [0.29, 0.717) is 24.4 Å². The van der Waals surface area contributed by atoms with Gasteiger partial charge in [-0.15, -0.1) is 0 Å². The molecule has 6 heteroatoms. The summed E-state index contributed by atoms with van der Waals surface area (Å²) in [5, 5.41) is 14.3. The fraction of sp³-hybridized carbons (Fsp3) is 0.333. The number of carbonyl (C=O) groups is 2. The second-order valence-corrected chi connectivity index (χ2v) is 3.95. The maximum absolute atomic E-state index is 11.5. The molecular formula is C12H13N3O3. The summed E-state index contributed by atoms with van der Waals surface area (Å²) in [6.45, 7) is 0.536. The van der Waals surface area contributed by atoms with Gasteiger partial charge in [0.05, 0.1) is 17.8 Å². The van der Waals surface area contributed by atoms with E-state index in [2.05, 4.69) is 10.1 Å². The maximum atomic E-state index is 11.5. The number of carboxylic acid groups (broad SMARTS) is 1. The van der Waals surface area contributed by atoms with Crippen molar-refractivity contribution in [3.8, 4) is 0 Å². The number of hydrogen-bond donors (Lipinski definition) is 1. The Morgan fingerprint density at radius 1 is 1.50 bits per heavy atom. The lowest BCUT2D eigenvalue weighted by Gasteiger charge is -2.11. The molecule has 1 aromatic heterocycles. The zero-order valence-electron chi connectivity index (χ0n) is 9.74. The minimum atomic E-state index is -0.994. The van der Waals surface area contributed by atoms with Gasteiger partial charge in [-0.1, -0.05) is 6.07 Å². The van der Waals surface area contributed by atoms with Crippen LogP contribution in [0.2, 0.25) is 0 Å². The number of pyridine rings is 1. The Labute approximate surface area is 104 Å². The molecule has 1 N–H and O–H groups in total. The quantitative estimate of drug-likeness (QED) is 0.801. The van der Waals surface area contributed by atoms with Gasteiger partial charge in [-0.05, 0) is 18.6 Å². The number of nitrogens with zero attached hydrogens (tertiary/aromatic N) is 3. The first-order valence-corrected chi connectivity index (χ1v) is 5.68. The Hall–Kier alpha value is -2.24. The molecule has 18 heavy (non-hydrogen) atoms. The van der Waals surface area contributed by atoms with Gasteiger partial charge < -0.3 is 5.11 Å². The van der Waals surface area contributed by atoms with Crippen molar-refractivity contribution in [1.82, 2.24) is 9.99 Å². The van der Waals surface area contributed by atoms with Gasteiger partial charge in [0, 0.05) is 19.2 Å². The number of rotatable bonds is 4. The molecule has 0 aliphatic carbocycles. The summed E-state index contributed by atoms with van der Waals surface area (Å²) in [6, 6.07) is 5.18. The average molecular weight is 247 g/mol. The summed E-state index contributed by atoms with van der Waals surface area (Å²) in [5.41, 5.74) is 0.790. The van der Waals surface area contributed by atoms with E-state index in [9.17, 15) is 9.59 Å². The fourth-order valence-corrected chi connectivity index (χ4v) is 1.74. The predicted molar refractivity (Wildman–Crippen MR) is 64.0 cm³/mol. The second-order valence-electron chi connectivity index (χ2n) is 3.95. The summed E-state index contributed by atoms with van der Waals surface area (Å²) in [7, 11) is 0. The molecule has 1 aliphatic heterocycles. The highest BCUT2D eigenvalue weighted by Crippen LogP contribution is 2.12. The Morgan fingerprint density at radius 3 is 2.89 bits per heavy atom. The van der Waals surface area contributed by atoms with E-state index in [1.165, 1.54) is 5.01 Å². The van der Waals surface area contributed by atoms with E-state index in [-0.39, 0.29) is 12.3 Å². The molecule has 6 nitrogen and oxygen atoms in total. The average Bonchev–Trinajstić information content (AvgIpc) is 2.75. The van der Waals surface area contributed by atoms with Gasteiger partial charge in [0.25, 0.3) is 0 Å². The minimum Gasteiger partial charge on any atom is -0.481 e. The first-order chi connectivity index (χ1) is 8.66. The van der Waals surface area contributed by atoms with Gasteiger partial charge in [0.2, 0.25) is 5.91 Å². The lowest BCUT2D eigenvalue weighted by atomic mass is 10.2. The largest absolute Gasteiger partial charge is 0.481 e. The number of carbonyl (C=O) groups excluding carboxylic acids is 1. The molecule has 1 saturated heterocycles. The van der Waals surface area contributed by atoms with Crippen molar-refractivity contribution in [2.24, 2.45) is 5.10 Å². The van der Waals surface area contributed by atoms with E-state index in [0.717, 1.165) is 6.42 Å². The zero-order chi connectivity index (χ0) is 13.0. The van der Waals surface area contributed by atoms with Crippen LogP contribution in [0.25, 0.3) is 0 Å². The third-order valence-corrected chi connectivity index (χ3v) is 2.57. The van der Waals surface area contributed by atoms with Crippen LogP contribution in [0.4, 0.5) is 0 Å². The number of carboxylic acids is 1. The van der Waals surface area contributed by atoms with Crippen molar-refractivity contribution in [3.05, 3.63) is 30.1 Å². The van der Waals surface area contributed by atoms with E-state index in [1.54, 1.807) is 24.4 Å². The van der Waals surface area contributed by atoms with E-state index in [1.807, 2.05) is 0 Å². The van der Waals surface area contributed by atoms with Crippen molar-refractivity contribution in [3.63, 3.8) is 0 Å². The molecule has 0 atom stereocenters. The first kappa shape index (κ1) is 12.2. The number of aliphatic carboxylic acids is 1. The van der Waals surface area contributed by atoms with Crippen molar-refractivity contribution in [2.45, 2.75) is 19.3 Å². The third kappa shape index (κ3) is 2.91. The van der Waals surface area contributed by atoms with Crippen LogP contribution in [0.3, 0.4) is 0 Å². The summed E-state index contributed by atoms with van der Waals surface area (Å²) < 4.78 is 0. The number of hydrazone groups is 1. The summed E-state index contributed by atoms with van der Waals surface area (Å²) in [5.74, 6) is -1.07. The molecule has 0 unspecified atom stereocenters. The number of hydrogen-bond acceptors (Lipinski definition) is 4. The lowest BCUT2D eigenvalue weighted by molar-refractivity contribution is -0.135. The van der Waals surface area contributed by atoms with Gasteiger partial charge in [0.1, 0.15) is 0 Å². The normalized spacial score (nSPS) is 16.1. The predicted octanol–water partition coefficient (Wildman–Crippen LogP) is 0.883. The number of amides is 1. The Balaban J connectivity index is 2.27. The fourth-order valence-electron chi connectivity index (χ4n) is 1.74. The van der Waals surface area contributed by atoms with Gasteiger partial charge >= 0.3 is 5.97 Å². The first-order valence-electron chi connectivity index (χ1n) is 5.68. The smallest absolute Gasteiger partial charge is 0.309 e. The molecule has 0 aromatic carbocycles. The molecule has 0 radical (unpaired) electrons. The highest BCUT2D eigenvalue weighted by atomic mass is 16.4. The second kappa shape index (κ2) is 5.39. The molecule has 0 saturated carbocycles. The van der Waals surface area contributed by atoms with E-state index in [4.69, 9.17) is 5.11 Å². The highest BCUT2D eigenvalue weighted by Gasteiger charge is 2.21. The van der Waals surface area contributed by atoms with Crippen molar-refractivity contribution in [2.75, 3.05) is 6.54 Å². The highest BCUT2D eigenvalue weighted by molar-refractivity contribution is 6.08. The van der Waals surface area contributed by atoms with Crippen LogP contribution in [0.1, 0.15) is 25.0 Å². The molecule has 1 fully saturated rings. The summed E-state index contributed by atoms with van der Waals surface area (Å²) in [6.07, 6.45) is 2.54. The van der Waals surface area contributed by atoms with Crippen molar-refractivity contribution in [1.29, 1.82) is 0 Å². The van der Waals surface area contributed by atoms with Crippen LogP contribution in [-0.2, 0) is 9.59 Å². The molecular weight excluding hydrogens is 234 g/mol. The Morgan fingerprint density at radius 2 is 2.33 bits per heavy atom. The van der Waals surface area contributed by atoms with Crippen LogP contribution < -0.4 is 0 Å². The SMILES string of the molecule is O=C(O)C/C(=N\N1CCCC1=O)c1ccccn1. The molecule has 1 amide bonds. The van der Waals surface area contributed by atoms with Gasteiger partial charge in [-0.2, -0.15) is 5.10 Å². The summed E-state index contributed by atoms with van der Waals surface area (Å²) >= 11 is 0. The summed E-state index contributed by atoms with van der Waals surface area (Å²) in [4.78, 5) is 26.4. The van der Waals surface area contributed by atoms with Crippen LogP contribution in [0.5, 0.6) is 0 Å². The standard InChI is InChI=1S/C12H13N3O3/c16-11-5-3-7-15(11)14-10(8-12(17)18)9-4-1-2-6-13-9/h1-2,4,6H,3,5,7-8H2,(H,17,18)/b14-10+. The minimum absolute atomic E-state index is 0.0752. The maximum Gasteiger partial charge on any atom is 0.309 e. The molecule has 94 valence electrons. The van der Waals surface area contributed by atoms with Crippen molar-refractivity contribution >= 4 is 17.6 Å². The molecule has 0 bridgehead atoms. The van der Waals surface area contributed by atoms with Crippen LogP contribution in [0, 0.1) is 0 Å². The third-order valence-electron chi connectivity index (χ3n) is 2.57. The van der Waals surface area contributed by atoms with Crippen LogP contribution >= 0.6 is 0 Å². The monoisotopic (exact) mass is 247 g/mol. The lowest BCUT2D eigenvalue weighted by Crippen LogP contribution is -2.22. The van der Waals surface area contributed by atoms with Gasteiger partial charge in [-0.3, -0.25) is 14.6 Å². The van der Waals surface area contributed by atoms with Crippen LogP contribution in [-0.4, -0.2) is 39.2 Å². The molecule has 2 rings (SSSR count). The Bertz CT molecular complexity index is 485. The number of aromatic nitrogens is 1. The molecule has 1 aromatic rings. The molecule has 0 spiro atoms.